The number of nitrogens with two attached hydrogens (primary N) is 1. The molecule has 0 saturated carbocycles. The molecule has 0 fully saturated rings. The summed E-state index contributed by atoms with van der Waals surface area (Å²) in [5, 5.41) is 5.58. The van der Waals surface area contributed by atoms with Crippen molar-refractivity contribution in [2.24, 2.45) is 5.73 Å². The van der Waals surface area contributed by atoms with E-state index < -0.39 is 11.4 Å². The van der Waals surface area contributed by atoms with Crippen LogP contribution >= 0.6 is 12.4 Å². The molecular formula is C14H22ClN3O3. The zero-order valence-electron chi connectivity index (χ0n) is 12.2. The van der Waals surface area contributed by atoms with Gasteiger partial charge >= 0.3 is 0 Å². The summed E-state index contributed by atoms with van der Waals surface area (Å²) >= 11 is 0. The van der Waals surface area contributed by atoms with Gasteiger partial charge in [0.2, 0.25) is 11.8 Å². The molecule has 21 heavy (non-hydrogen) atoms. The second kappa shape index (κ2) is 9.33. The Morgan fingerprint density at radius 3 is 2.43 bits per heavy atom. The van der Waals surface area contributed by atoms with Crippen molar-refractivity contribution >= 4 is 24.2 Å². The first-order valence-electron chi connectivity index (χ1n) is 6.37. The number of benzene rings is 1. The largest absolute Gasteiger partial charge is 0.383 e. The molecule has 0 radical (unpaired) electrons. The number of primary amides is 1. The molecule has 0 aliphatic rings. The van der Waals surface area contributed by atoms with Gasteiger partial charge in [0.1, 0.15) is 5.54 Å². The standard InChI is InChI=1S/C14H21N3O3.ClH/c1-14(13(15)19,11-6-4-3-5-7-11)17-12(18)10-16-8-9-20-2;/h3-7,16H,8-10H2,1-2H3,(H2,15,19)(H,17,18);1H. The average molecular weight is 316 g/mol. The van der Waals surface area contributed by atoms with Crippen LogP contribution in [0.4, 0.5) is 0 Å². The Morgan fingerprint density at radius 1 is 1.29 bits per heavy atom. The van der Waals surface area contributed by atoms with Crippen LogP contribution < -0.4 is 16.4 Å². The number of methoxy groups -OCH3 is 1. The van der Waals surface area contributed by atoms with E-state index in [1.807, 2.05) is 6.07 Å². The van der Waals surface area contributed by atoms with Gasteiger partial charge in [-0.1, -0.05) is 30.3 Å². The fourth-order valence-corrected chi connectivity index (χ4v) is 1.75. The second-order valence-electron chi connectivity index (χ2n) is 4.57. The highest BCUT2D eigenvalue weighted by molar-refractivity contribution is 5.91. The summed E-state index contributed by atoms with van der Waals surface area (Å²) in [6, 6.07) is 8.92. The number of ether oxygens (including phenoxy) is 1. The number of carbonyl (C=O) groups is 2. The molecule has 1 rings (SSSR count). The van der Waals surface area contributed by atoms with Crippen molar-refractivity contribution in [1.29, 1.82) is 0 Å². The monoisotopic (exact) mass is 315 g/mol. The van der Waals surface area contributed by atoms with Crippen LogP contribution in [-0.4, -0.2) is 38.6 Å². The SMILES string of the molecule is COCCNCC(=O)NC(C)(C(N)=O)c1ccccc1.Cl. The molecule has 0 saturated heterocycles. The predicted molar refractivity (Wildman–Crippen MR) is 83.1 cm³/mol. The van der Waals surface area contributed by atoms with Crippen molar-refractivity contribution in [3.8, 4) is 0 Å². The van der Waals surface area contributed by atoms with Gasteiger partial charge in [0.15, 0.2) is 0 Å². The highest BCUT2D eigenvalue weighted by atomic mass is 35.5. The molecule has 1 aromatic rings. The van der Waals surface area contributed by atoms with E-state index in [9.17, 15) is 9.59 Å². The van der Waals surface area contributed by atoms with E-state index >= 15 is 0 Å². The molecule has 1 aromatic carbocycles. The number of hydrogen-bond acceptors (Lipinski definition) is 4. The first-order valence-corrected chi connectivity index (χ1v) is 6.37. The molecule has 1 atom stereocenters. The summed E-state index contributed by atoms with van der Waals surface area (Å²) in [6.45, 7) is 2.76. The Morgan fingerprint density at radius 2 is 1.90 bits per heavy atom. The number of carbonyl (C=O) groups excluding carboxylic acids is 2. The molecule has 4 N–H and O–H groups in total. The molecule has 1 unspecified atom stereocenters. The maximum atomic E-state index is 11.9. The quantitative estimate of drug-likeness (QED) is 0.596. The third kappa shape index (κ3) is 5.71. The summed E-state index contributed by atoms with van der Waals surface area (Å²) < 4.78 is 4.86. The molecular weight excluding hydrogens is 294 g/mol. The lowest BCUT2D eigenvalue weighted by Gasteiger charge is -2.28. The van der Waals surface area contributed by atoms with Crippen LogP contribution in [0, 0.1) is 0 Å². The van der Waals surface area contributed by atoms with E-state index in [0.717, 1.165) is 0 Å². The van der Waals surface area contributed by atoms with E-state index in [1.54, 1.807) is 38.3 Å². The van der Waals surface area contributed by atoms with Crippen molar-refractivity contribution in [3.63, 3.8) is 0 Å². The number of hydrogen-bond donors (Lipinski definition) is 3. The first kappa shape index (κ1) is 19.4. The number of halogens is 1. The van der Waals surface area contributed by atoms with Gasteiger partial charge in [0.05, 0.1) is 13.2 Å². The van der Waals surface area contributed by atoms with Crippen LogP contribution in [0.1, 0.15) is 12.5 Å². The van der Waals surface area contributed by atoms with Gasteiger partial charge in [-0.2, -0.15) is 0 Å². The Balaban J connectivity index is 0.00000400. The van der Waals surface area contributed by atoms with Crippen LogP contribution in [0.5, 0.6) is 0 Å². The zero-order valence-corrected chi connectivity index (χ0v) is 13.0. The molecule has 7 heteroatoms. The summed E-state index contributed by atoms with van der Waals surface area (Å²) in [4.78, 5) is 23.6. The molecule has 0 heterocycles. The molecule has 118 valence electrons. The zero-order chi connectivity index (χ0) is 15.0. The third-order valence-electron chi connectivity index (χ3n) is 3.00. The van der Waals surface area contributed by atoms with Gasteiger partial charge in [-0.25, -0.2) is 0 Å². The van der Waals surface area contributed by atoms with Gasteiger partial charge in [0.25, 0.3) is 0 Å². The first-order chi connectivity index (χ1) is 9.50. The van der Waals surface area contributed by atoms with E-state index in [0.29, 0.717) is 18.7 Å². The van der Waals surface area contributed by atoms with Crippen molar-refractivity contribution < 1.29 is 14.3 Å². The second-order valence-corrected chi connectivity index (χ2v) is 4.57. The van der Waals surface area contributed by atoms with Crippen LogP contribution in [0.15, 0.2) is 30.3 Å². The third-order valence-corrected chi connectivity index (χ3v) is 3.00. The van der Waals surface area contributed by atoms with Crippen molar-refractivity contribution in [2.45, 2.75) is 12.5 Å². The number of nitrogens with one attached hydrogen (secondary N) is 2. The minimum Gasteiger partial charge on any atom is -0.383 e. The molecule has 0 spiro atoms. The lowest BCUT2D eigenvalue weighted by atomic mass is 9.91. The smallest absolute Gasteiger partial charge is 0.247 e. The highest BCUT2D eigenvalue weighted by Gasteiger charge is 2.34. The van der Waals surface area contributed by atoms with Crippen molar-refractivity contribution in [2.75, 3.05) is 26.8 Å². The van der Waals surface area contributed by atoms with E-state index in [1.165, 1.54) is 0 Å². The number of amides is 2. The fourth-order valence-electron chi connectivity index (χ4n) is 1.75. The van der Waals surface area contributed by atoms with Crippen LogP contribution in [-0.2, 0) is 19.9 Å². The minimum atomic E-state index is -1.22. The van der Waals surface area contributed by atoms with Crippen LogP contribution in [0.2, 0.25) is 0 Å². The van der Waals surface area contributed by atoms with Gasteiger partial charge in [-0.3, -0.25) is 9.59 Å². The van der Waals surface area contributed by atoms with Crippen molar-refractivity contribution in [3.05, 3.63) is 35.9 Å². The van der Waals surface area contributed by atoms with Gasteiger partial charge < -0.3 is 21.1 Å². The molecule has 0 bridgehead atoms. The number of rotatable bonds is 8. The lowest BCUT2D eigenvalue weighted by molar-refractivity contribution is -0.131. The fraction of sp³-hybridized carbons (Fsp3) is 0.429. The molecule has 6 nitrogen and oxygen atoms in total. The summed E-state index contributed by atoms with van der Waals surface area (Å²) in [5.74, 6) is -0.903. The molecule has 0 aliphatic carbocycles. The van der Waals surface area contributed by atoms with Crippen LogP contribution in [0.25, 0.3) is 0 Å². The molecule has 0 aromatic heterocycles. The maximum Gasteiger partial charge on any atom is 0.247 e. The summed E-state index contributed by atoms with van der Waals surface area (Å²) in [6.07, 6.45) is 0. The van der Waals surface area contributed by atoms with E-state index in [4.69, 9.17) is 10.5 Å². The topological polar surface area (TPSA) is 93.4 Å². The highest BCUT2D eigenvalue weighted by Crippen LogP contribution is 2.19. The Bertz CT molecular complexity index is 456. The van der Waals surface area contributed by atoms with E-state index in [2.05, 4.69) is 10.6 Å². The summed E-state index contributed by atoms with van der Waals surface area (Å²) in [7, 11) is 1.58. The van der Waals surface area contributed by atoms with Gasteiger partial charge in [-0.15, -0.1) is 12.4 Å². The minimum absolute atomic E-state index is 0. The average Bonchev–Trinajstić information content (AvgIpc) is 2.44. The molecule has 2 amide bonds. The lowest BCUT2D eigenvalue weighted by Crippen LogP contribution is -2.54. The molecule has 0 aliphatic heterocycles. The predicted octanol–water partition coefficient (Wildman–Crippen LogP) is 0.161. The van der Waals surface area contributed by atoms with Gasteiger partial charge in [-0.05, 0) is 12.5 Å². The van der Waals surface area contributed by atoms with Crippen LogP contribution in [0.3, 0.4) is 0 Å². The van der Waals surface area contributed by atoms with Crippen molar-refractivity contribution in [1.82, 2.24) is 10.6 Å². The Kier molecular flexibility index (Phi) is 8.61. The normalized spacial score (nSPS) is 12.9. The van der Waals surface area contributed by atoms with E-state index in [-0.39, 0.29) is 24.9 Å². The summed E-state index contributed by atoms with van der Waals surface area (Å²) in [5.41, 5.74) is 4.86. The van der Waals surface area contributed by atoms with Gasteiger partial charge in [0, 0.05) is 13.7 Å². The Labute approximate surface area is 130 Å². The maximum absolute atomic E-state index is 11.9. The Hall–Kier alpha value is -1.63.